The van der Waals surface area contributed by atoms with E-state index in [2.05, 4.69) is 0 Å². The Morgan fingerprint density at radius 2 is 1.78 bits per heavy atom. The lowest BCUT2D eigenvalue weighted by Crippen LogP contribution is -2.54. The van der Waals surface area contributed by atoms with Crippen LogP contribution in [-0.4, -0.2) is 36.5 Å². The van der Waals surface area contributed by atoms with Gasteiger partial charge in [-0.05, 0) is 55.5 Å². The molecule has 1 aliphatic rings. The number of piperidine rings is 1. The van der Waals surface area contributed by atoms with Crippen LogP contribution in [0, 0.1) is 13.8 Å². The van der Waals surface area contributed by atoms with Gasteiger partial charge >= 0.3 is 5.63 Å². The molecule has 0 saturated carbocycles. The summed E-state index contributed by atoms with van der Waals surface area (Å²) in [6.45, 7) is 4.04. The highest BCUT2D eigenvalue weighted by Gasteiger charge is 2.38. The number of rotatable bonds is 5. The molecule has 0 atom stereocenters. The number of carboxylic acids is 1. The van der Waals surface area contributed by atoms with E-state index in [1.54, 1.807) is 36.1 Å². The average Bonchev–Trinajstić information content (AvgIpc) is 2.77. The van der Waals surface area contributed by atoms with E-state index in [0.717, 1.165) is 5.56 Å². The minimum absolute atomic E-state index is 0.194. The molecule has 1 aromatic heterocycles. The molecule has 0 spiro atoms. The van der Waals surface area contributed by atoms with Crippen molar-refractivity contribution in [1.29, 1.82) is 0 Å². The third-order valence-electron chi connectivity index (χ3n) is 6.19. The first-order chi connectivity index (χ1) is 15.3. The molecule has 1 fully saturated rings. The van der Waals surface area contributed by atoms with E-state index in [4.69, 9.17) is 9.15 Å². The van der Waals surface area contributed by atoms with Crippen LogP contribution in [0.5, 0.6) is 5.75 Å². The Hall–Kier alpha value is -3.61. The summed E-state index contributed by atoms with van der Waals surface area (Å²) in [6.07, 6.45) is 0.561. The van der Waals surface area contributed by atoms with Gasteiger partial charge in [-0.3, -0.25) is 4.79 Å². The normalized spacial score (nSPS) is 15.5. The van der Waals surface area contributed by atoms with Gasteiger partial charge in [-0.1, -0.05) is 30.3 Å². The minimum Gasteiger partial charge on any atom is -0.549 e. The van der Waals surface area contributed by atoms with Crippen molar-refractivity contribution >= 4 is 22.8 Å². The Morgan fingerprint density at radius 1 is 1.09 bits per heavy atom. The van der Waals surface area contributed by atoms with Crippen molar-refractivity contribution in [3.63, 3.8) is 0 Å². The Morgan fingerprint density at radius 3 is 2.44 bits per heavy atom. The molecule has 1 aliphatic heterocycles. The molecule has 0 N–H and O–H groups in total. The van der Waals surface area contributed by atoms with Crippen LogP contribution in [0.15, 0.2) is 57.7 Å². The minimum atomic E-state index is -1.12. The number of aliphatic carboxylic acids is 1. The lowest BCUT2D eigenvalue weighted by Gasteiger charge is -2.42. The molecular formula is C25H24NO6-. The maximum absolute atomic E-state index is 12.8. The van der Waals surface area contributed by atoms with Crippen LogP contribution in [0.1, 0.15) is 29.5 Å². The van der Waals surface area contributed by atoms with E-state index in [9.17, 15) is 19.5 Å². The number of carboxylic acid groups (broad SMARTS) is 1. The van der Waals surface area contributed by atoms with E-state index in [1.165, 1.54) is 6.07 Å². The number of benzene rings is 2. The zero-order valence-electron chi connectivity index (χ0n) is 18.1. The lowest BCUT2D eigenvalue weighted by atomic mass is 9.73. The molecule has 3 aromatic rings. The first-order valence-electron chi connectivity index (χ1n) is 10.5. The lowest BCUT2D eigenvalue weighted by molar-refractivity contribution is -0.315. The summed E-state index contributed by atoms with van der Waals surface area (Å²) in [5, 5.41) is 12.7. The second kappa shape index (κ2) is 8.49. The molecule has 0 bridgehead atoms. The molecule has 0 radical (unpaired) electrons. The number of fused-ring (bicyclic) bond motifs is 1. The van der Waals surface area contributed by atoms with Gasteiger partial charge in [-0.25, -0.2) is 4.79 Å². The summed E-state index contributed by atoms with van der Waals surface area (Å²) in [5.74, 6) is -0.870. The molecule has 2 heterocycles. The molecule has 0 aliphatic carbocycles. The highest BCUT2D eigenvalue weighted by atomic mass is 16.5. The standard InChI is InChI=1S/C25H25NO6/c1-16-12-19(23-17(2)14-22(28)32-20(23)13-16)31-15-21(27)26-10-8-25(9-11-26,24(29)30)18-6-4-3-5-7-18/h3-7,12-14H,8-11,15H2,1-2H3,(H,29,30)/p-1. The number of carbonyl (C=O) groups excluding carboxylic acids is 2. The highest BCUT2D eigenvalue weighted by Crippen LogP contribution is 2.35. The number of ether oxygens (including phenoxy) is 1. The van der Waals surface area contributed by atoms with E-state index in [1.807, 2.05) is 25.1 Å². The fraction of sp³-hybridized carbons (Fsp3) is 0.320. The van der Waals surface area contributed by atoms with Crippen molar-refractivity contribution in [3.05, 3.63) is 75.6 Å². The van der Waals surface area contributed by atoms with Gasteiger partial charge in [0.1, 0.15) is 11.3 Å². The fourth-order valence-corrected chi connectivity index (χ4v) is 4.43. The Balaban J connectivity index is 1.48. The average molecular weight is 434 g/mol. The summed E-state index contributed by atoms with van der Waals surface area (Å²) in [5.41, 5.74) is 1.13. The monoisotopic (exact) mass is 434 g/mol. The third kappa shape index (κ3) is 3.98. The third-order valence-corrected chi connectivity index (χ3v) is 6.19. The predicted molar refractivity (Wildman–Crippen MR) is 116 cm³/mol. The van der Waals surface area contributed by atoms with Gasteiger partial charge in [0.15, 0.2) is 6.61 Å². The van der Waals surface area contributed by atoms with E-state index in [0.29, 0.717) is 40.9 Å². The maximum Gasteiger partial charge on any atom is 0.336 e. The summed E-state index contributed by atoms with van der Waals surface area (Å²) < 4.78 is 11.1. The Kier molecular flexibility index (Phi) is 5.74. The van der Waals surface area contributed by atoms with Crippen LogP contribution in [0.2, 0.25) is 0 Å². The molecule has 7 nitrogen and oxygen atoms in total. The molecule has 0 unspecified atom stereocenters. The molecule has 1 amide bonds. The molecule has 32 heavy (non-hydrogen) atoms. The van der Waals surface area contributed by atoms with Gasteiger partial charge < -0.3 is 24.0 Å². The van der Waals surface area contributed by atoms with Crippen molar-refractivity contribution in [2.24, 2.45) is 0 Å². The highest BCUT2D eigenvalue weighted by molar-refractivity contribution is 5.88. The molecular weight excluding hydrogens is 410 g/mol. The first kappa shape index (κ1) is 21.6. The van der Waals surface area contributed by atoms with Crippen LogP contribution in [0.4, 0.5) is 0 Å². The number of nitrogens with zero attached hydrogens (tertiary/aromatic N) is 1. The van der Waals surface area contributed by atoms with Gasteiger partial charge in [0.25, 0.3) is 5.91 Å². The molecule has 2 aromatic carbocycles. The zero-order valence-corrected chi connectivity index (χ0v) is 18.1. The smallest absolute Gasteiger partial charge is 0.336 e. The van der Waals surface area contributed by atoms with Crippen LogP contribution in [0.3, 0.4) is 0 Å². The van der Waals surface area contributed by atoms with Crippen LogP contribution in [-0.2, 0) is 15.0 Å². The fourth-order valence-electron chi connectivity index (χ4n) is 4.43. The van der Waals surface area contributed by atoms with Gasteiger partial charge in [0.2, 0.25) is 0 Å². The van der Waals surface area contributed by atoms with Gasteiger partial charge in [-0.15, -0.1) is 0 Å². The van der Waals surface area contributed by atoms with E-state index >= 15 is 0 Å². The van der Waals surface area contributed by atoms with Gasteiger partial charge in [0, 0.05) is 24.6 Å². The quantitative estimate of drug-likeness (QED) is 0.570. The van der Waals surface area contributed by atoms with Crippen LogP contribution >= 0.6 is 0 Å². The second-order valence-corrected chi connectivity index (χ2v) is 8.29. The first-order valence-corrected chi connectivity index (χ1v) is 10.5. The summed E-state index contributed by atoms with van der Waals surface area (Å²) in [6, 6.07) is 14.0. The molecule has 166 valence electrons. The number of carbonyl (C=O) groups is 2. The van der Waals surface area contributed by atoms with E-state index < -0.39 is 17.0 Å². The van der Waals surface area contributed by atoms with Gasteiger partial charge in [0.05, 0.1) is 11.4 Å². The number of likely N-dealkylation sites (tertiary alicyclic amines) is 1. The molecule has 7 heteroatoms. The summed E-state index contributed by atoms with van der Waals surface area (Å²) in [4.78, 5) is 38.1. The van der Waals surface area contributed by atoms with Crippen molar-refractivity contribution in [3.8, 4) is 5.75 Å². The molecule has 4 rings (SSSR count). The number of hydrogen-bond donors (Lipinski definition) is 0. The Bertz CT molecular complexity index is 1220. The zero-order chi connectivity index (χ0) is 22.9. The summed E-state index contributed by atoms with van der Waals surface area (Å²) in [7, 11) is 0. The van der Waals surface area contributed by atoms with E-state index in [-0.39, 0.29) is 25.4 Å². The van der Waals surface area contributed by atoms with Crippen LogP contribution in [0.25, 0.3) is 11.0 Å². The van der Waals surface area contributed by atoms with Crippen molar-refractivity contribution < 1.29 is 23.8 Å². The number of hydrogen-bond acceptors (Lipinski definition) is 6. The van der Waals surface area contributed by atoms with Crippen LogP contribution < -0.4 is 15.5 Å². The SMILES string of the molecule is Cc1cc(OCC(=O)N2CCC(C(=O)[O-])(c3ccccc3)CC2)c2c(C)cc(=O)oc2c1. The molecule has 1 saturated heterocycles. The largest absolute Gasteiger partial charge is 0.549 e. The second-order valence-electron chi connectivity index (χ2n) is 8.29. The van der Waals surface area contributed by atoms with Crippen molar-refractivity contribution in [2.45, 2.75) is 32.1 Å². The Labute approximate surface area is 185 Å². The topological polar surface area (TPSA) is 99.9 Å². The van der Waals surface area contributed by atoms with Crippen molar-refractivity contribution in [1.82, 2.24) is 4.90 Å². The van der Waals surface area contributed by atoms with Crippen molar-refractivity contribution in [2.75, 3.05) is 19.7 Å². The summed E-state index contributed by atoms with van der Waals surface area (Å²) >= 11 is 0. The maximum atomic E-state index is 12.8. The number of aryl methyl sites for hydroxylation is 2. The predicted octanol–water partition coefficient (Wildman–Crippen LogP) is 2.10. The van der Waals surface area contributed by atoms with Gasteiger partial charge in [-0.2, -0.15) is 0 Å². The number of amides is 1.